The van der Waals surface area contributed by atoms with Gasteiger partial charge in [-0.3, -0.25) is 9.59 Å². The van der Waals surface area contributed by atoms with Gasteiger partial charge in [-0.2, -0.15) is 5.10 Å². The van der Waals surface area contributed by atoms with Crippen LogP contribution in [0.3, 0.4) is 0 Å². The number of carbonyl (C=O) groups excluding carboxylic acids is 3. The number of carbonyl (C=O) groups is 3. The Kier molecular flexibility index (Phi) is 11.7. The molecule has 2 aromatic carbocycles. The van der Waals surface area contributed by atoms with Crippen molar-refractivity contribution in [3.8, 4) is 5.75 Å². The normalized spacial score (nSPS) is 10.7. The molecule has 2 aromatic heterocycles. The van der Waals surface area contributed by atoms with Crippen LogP contribution in [0.15, 0.2) is 60.7 Å². The summed E-state index contributed by atoms with van der Waals surface area (Å²) < 4.78 is 10.7. The van der Waals surface area contributed by atoms with Crippen LogP contribution in [0.4, 0.5) is 10.9 Å². The highest BCUT2D eigenvalue weighted by Crippen LogP contribution is 2.23. The van der Waals surface area contributed by atoms with Crippen LogP contribution in [0.25, 0.3) is 0 Å². The van der Waals surface area contributed by atoms with Gasteiger partial charge in [0.2, 0.25) is 16.9 Å². The van der Waals surface area contributed by atoms with Gasteiger partial charge in [-0.25, -0.2) is 4.79 Å². The van der Waals surface area contributed by atoms with Gasteiger partial charge in [0, 0.05) is 6.42 Å². The summed E-state index contributed by atoms with van der Waals surface area (Å²) >= 11 is 1.34. The fourth-order valence-corrected chi connectivity index (χ4v) is 4.99. The SMILES string of the molecule is CCOC(=O)c1ccc(CC(=O)Nc2nnc(CCCCc3ccc(NC(=O)Cc4ccccc4)nn3)s2)cc1OCC. The van der Waals surface area contributed by atoms with Crippen LogP contribution in [-0.2, 0) is 40.0 Å². The smallest absolute Gasteiger partial charge is 0.341 e. The van der Waals surface area contributed by atoms with Crippen LogP contribution in [0, 0.1) is 0 Å². The van der Waals surface area contributed by atoms with Gasteiger partial charge >= 0.3 is 5.97 Å². The summed E-state index contributed by atoms with van der Waals surface area (Å²) in [6, 6.07) is 18.2. The molecule has 0 saturated heterocycles. The Morgan fingerprint density at radius 3 is 2.28 bits per heavy atom. The highest BCUT2D eigenvalue weighted by Gasteiger charge is 2.16. The Morgan fingerprint density at radius 2 is 1.53 bits per heavy atom. The van der Waals surface area contributed by atoms with Crippen molar-refractivity contribution < 1.29 is 23.9 Å². The molecule has 0 aliphatic heterocycles. The van der Waals surface area contributed by atoms with E-state index in [1.807, 2.05) is 43.3 Å². The third kappa shape index (κ3) is 9.96. The van der Waals surface area contributed by atoms with Gasteiger partial charge in [0.25, 0.3) is 0 Å². The molecular weight excluding hydrogens is 568 g/mol. The molecule has 2 amide bonds. The number of aryl methyl sites for hydroxylation is 2. The van der Waals surface area contributed by atoms with Gasteiger partial charge in [-0.1, -0.05) is 47.7 Å². The third-order valence-electron chi connectivity index (χ3n) is 6.19. The number of nitrogens with one attached hydrogen (secondary N) is 2. The van der Waals surface area contributed by atoms with E-state index in [0.717, 1.165) is 41.9 Å². The van der Waals surface area contributed by atoms with Crippen molar-refractivity contribution in [3.05, 3.63) is 88.1 Å². The summed E-state index contributed by atoms with van der Waals surface area (Å²) in [7, 11) is 0. The van der Waals surface area contributed by atoms with Crippen LogP contribution < -0.4 is 15.4 Å². The van der Waals surface area contributed by atoms with Crippen molar-refractivity contribution in [1.29, 1.82) is 0 Å². The summed E-state index contributed by atoms with van der Waals surface area (Å²) in [6.45, 7) is 4.20. The molecule has 0 saturated carbocycles. The molecule has 4 rings (SSSR count). The van der Waals surface area contributed by atoms with Crippen LogP contribution in [-0.4, -0.2) is 51.4 Å². The van der Waals surface area contributed by atoms with Crippen molar-refractivity contribution in [2.75, 3.05) is 23.8 Å². The van der Waals surface area contributed by atoms with Gasteiger partial charge in [0.05, 0.1) is 31.7 Å². The molecule has 4 aromatic rings. The molecule has 43 heavy (non-hydrogen) atoms. The minimum absolute atomic E-state index is 0.0919. The molecule has 12 heteroatoms. The number of hydrogen-bond donors (Lipinski definition) is 2. The van der Waals surface area contributed by atoms with Gasteiger partial charge in [0.15, 0.2) is 5.82 Å². The van der Waals surface area contributed by atoms with E-state index in [9.17, 15) is 14.4 Å². The van der Waals surface area contributed by atoms with E-state index in [0.29, 0.717) is 34.4 Å². The second-order valence-electron chi connectivity index (χ2n) is 9.54. The van der Waals surface area contributed by atoms with Crippen molar-refractivity contribution >= 4 is 40.1 Å². The zero-order valence-electron chi connectivity index (χ0n) is 24.2. The van der Waals surface area contributed by atoms with Crippen LogP contribution in [0.5, 0.6) is 5.75 Å². The maximum Gasteiger partial charge on any atom is 0.341 e. The second kappa shape index (κ2) is 16.1. The van der Waals surface area contributed by atoms with E-state index in [1.165, 1.54) is 11.3 Å². The summed E-state index contributed by atoms with van der Waals surface area (Å²) in [6.07, 6.45) is 3.58. The largest absolute Gasteiger partial charge is 0.493 e. The monoisotopic (exact) mass is 602 g/mol. The van der Waals surface area contributed by atoms with Crippen LogP contribution >= 0.6 is 11.3 Å². The predicted molar refractivity (Wildman–Crippen MR) is 163 cm³/mol. The number of ether oxygens (including phenoxy) is 2. The number of benzene rings is 2. The molecule has 2 N–H and O–H groups in total. The van der Waals surface area contributed by atoms with Crippen molar-refractivity contribution in [3.63, 3.8) is 0 Å². The molecule has 0 radical (unpaired) electrons. The molecule has 0 unspecified atom stereocenters. The highest BCUT2D eigenvalue weighted by molar-refractivity contribution is 7.15. The zero-order chi connectivity index (χ0) is 30.4. The lowest BCUT2D eigenvalue weighted by atomic mass is 10.1. The first-order valence-electron chi connectivity index (χ1n) is 14.1. The number of esters is 1. The topological polar surface area (TPSA) is 145 Å². The van der Waals surface area contributed by atoms with Crippen LogP contribution in [0.1, 0.15) is 58.9 Å². The van der Waals surface area contributed by atoms with Gasteiger partial charge < -0.3 is 20.1 Å². The van der Waals surface area contributed by atoms with Crippen molar-refractivity contribution in [2.24, 2.45) is 0 Å². The first-order valence-corrected chi connectivity index (χ1v) is 15.0. The summed E-state index contributed by atoms with van der Waals surface area (Å²) in [5, 5.41) is 23.5. The first kappa shape index (κ1) is 31.2. The number of rotatable bonds is 15. The average molecular weight is 603 g/mol. The van der Waals surface area contributed by atoms with Gasteiger partial charge in [-0.15, -0.1) is 15.3 Å². The Hall–Kier alpha value is -4.71. The lowest BCUT2D eigenvalue weighted by molar-refractivity contribution is -0.116. The number of nitrogens with zero attached hydrogens (tertiary/aromatic N) is 4. The molecule has 2 heterocycles. The van der Waals surface area contributed by atoms with Crippen molar-refractivity contribution in [1.82, 2.24) is 20.4 Å². The van der Waals surface area contributed by atoms with Gasteiger partial charge in [0.1, 0.15) is 16.3 Å². The molecule has 0 aliphatic rings. The number of hydrogen-bond acceptors (Lipinski definition) is 10. The fourth-order valence-electron chi connectivity index (χ4n) is 4.19. The van der Waals surface area contributed by atoms with E-state index in [2.05, 4.69) is 31.0 Å². The summed E-state index contributed by atoms with van der Waals surface area (Å²) in [4.78, 5) is 37.0. The third-order valence-corrected chi connectivity index (χ3v) is 7.09. The van der Waals surface area contributed by atoms with E-state index in [4.69, 9.17) is 9.47 Å². The minimum atomic E-state index is -0.464. The predicted octanol–water partition coefficient (Wildman–Crippen LogP) is 4.83. The van der Waals surface area contributed by atoms with E-state index >= 15 is 0 Å². The molecule has 0 bridgehead atoms. The average Bonchev–Trinajstić information content (AvgIpc) is 3.44. The number of aromatic nitrogens is 4. The lowest BCUT2D eigenvalue weighted by Crippen LogP contribution is -2.15. The molecule has 0 aliphatic carbocycles. The Bertz CT molecular complexity index is 1510. The zero-order valence-corrected chi connectivity index (χ0v) is 25.0. The molecule has 11 nitrogen and oxygen atoms in total. The number of anilines is 2. The quantitative estimate of drug-likeness (QED) is 0.144. The molecule has 0 fully saturated rings. The summed E-state index contributed by atoms with van der Waals surface area (Å²) in [5.74, 6) is -0.0311. The maximum absolute atomic E-state index is 12.6. The van der Waals surface area contributed by atoms with Crippen LogP contribution in [0.2, 0.25) is 0 Å². The summed E-state index contributed by atoms with van der Waals surface area (Å²) in [5.41, 5.74) is 2.80. The minimum Gasteiger partial charge on any atom is -0.493 e. The standard InChI is InChI=1S/C31H34N6O5S/c1-3-41-25-18-22(14-16-24(25)30(40)42-4-2)20-28(39)33-31-37-36-29(43-31)13-9-8-12-23-15-17-26(35-34-23)32-27(38)19-21-10-6-5-7-11-21/h5-7,10-11,14-18H,3-4,8-9,12-13,19-20H2,1-2H3,(H,32,35,38)(H,33,37,39). The fraction of sp³-hybridized carbons (Fsp3) is 0.323. The van der Waals surface area contributed by atoms with Crippen molar-refractivity contribution in [2.45, 2.75) is 52.4 Å². The van der Waals surface area contributed by atoms with E-state index < -0.39 is 5.97 Å². The van der Waals surface area contributed by atoms with Gasteiger partial charge in [-0.05, 0) is 68.5 Å². The molecule has 224 valence electrons. The Balaban J connectivity index is 1.18. The number of unbranched alkanes of at least 4 members (excludes halogenated alkanes) is 1. The maximum atomic E-state index is 12.6. The Morgan fingerprint density at radius 1 is 0.767 bits per heavy atom. The molecule has 0 atom stereocenters. The molecular formula is C31H34N6O5S. The van der Waals surface area contributed by atoms with E-state index in [1.54, 1.807) is 31.2 Å². The van der Waals surface area contributed by atoms with E-state index in [-0.39, 0.29) is 31.3 Å². The number of amides is 2. The second-order valence-corrected chi connectivity index (χ2v) is 10.6. The Labute approximate surface area is 254 Å². The highest BCUT2D eigenvalue weighted by atomic mass is 32.1. The first-order chi connectivity index (χ1) is 20.9. The molecule has 0 spiro atoms. The lowest BCUT2D eigenvalue weighted by Gasteiger charge is -2.11.